The van der Waals surface area contributed by atoms with Gasteiger partial charge in [-0.25, -0.2) is 4.98 Å². The smallest absolute Gasteiger partial charge is 0.226 e. The van der Waals surface area contributed by atoms with E-state index in [1.807, 2.05) is 58.0 Å². The molecule has 1 aromatic carbocycles. The number of carbonyl (C=O) groups is 1. The summed E-state index contributed by atoms with van der Waals surface area (Å²) in [6.07, 6.45) is 3.61. The molecule has 0 aliphatic carbocycles. The van der Waals surface area contributed by atoms with Crippen molar-refractivity contribution in [2.24, 2.45) is 0 Å². The van der Waals surface area contributed by atoms with Crippen LogP contribution >= 0.6 is 0 Å². The number of hydrogen-bond acceptors (Lipinski definition) is 3. The summed E-state index contributed by atoms with van der Waals surface area (Å²) in [4.78, 5) is 17.8. The first-order valence-corrected chi connectivity index (χ1v) is 9.67. The van der Waals surface area contributed by atoms with Gasteiger partial charge in [0.15, 0.2) is 0 Å². The lowest BCUT2D eigenvalue weighted by atomic mass is 10.2. The zero-order valence-electron chi connectivity index (χ0n) is 17.9. The summed E-state index contributed by atoms with van der Waals surface area (Å²) in [5.41, 5.74) is 2.04. The summed E-state index contributed by atoms with van der Waals surface area (Å²) in [6.45, 7) is 13.0. The Bertz CT molecular complexity index is 678. The molecule has 2 rings (SSSR count). The number of aryl methyl sites for hydroxylation is 2. The molecule has 5 heteroatoms. The van der Waals surface area contributed by atoms with Crippen molar-refractivity contribution in [3.8, 4) is 0 Å². The van der Waals surface area contributed by atoms with E-state index in [2.05, 4.69) is 29.6 Å². The molecule has 1 aromatic heterocycles. The van der Waals surface area contributed by atoms with Crippen LogP contribution in [0.2, 0.25) is 0 Å². The number of carbonyl (C=O) groups excluding carboxylic acids is 1. The number of nitrogens with zero attached hydrogens (tertiary/aromatic N) is 3. The van der Waals surface area contributed by atoms with Crippen molar-refractivity contribution >= 4 is 11.6 Å². The Morgan fingerprint density at radius 2 is 1.78 bits per heavy atom. The second kappa shape index (κ2) is 11.5. The van der Waals surface area contributed by atoms with Gasteiger partial charge in [0.2, 0.25) is 5.91 Å². The van der Waals surface area contributed by atoms with Crippen molar-refractivity contribution in [1.29, 1.82) is 0 Å². The van der Waals surface area contributed by atoms with Gasteiger partial charge < -0.3 is 14.2 Å². The minimum Gasteiger partial charge on any atom is -0.379 e. The Balaban J connectivity index is 0.000000309. The van der Waals surface area contributed by atoms with Crippen LogP contribution in [0.25, 0.3) is 0 Å². The third kappa shape index (κ3) is 8.39. The summed E-state index contributed by atoms with van der Waals surface area (Å²) in [6, 6.07) is 10.2. The maximum Gasteiger partial charge on any atom is 0.226 e. The van der Waals surface area contributed by atoms with Gasteiger partial charge in [-0.1, -0.05) is 18.2 Å². The summed E-state index contributed by atoms with van der Waals surface area (Å²) >= 11 is 0. The highest BCUT2D eigenvalue weighted by Gasteiger charge is 2.09. The fraction of sp³-hybridized carbons (Fsp3) is 0.545. The molecule has 0 aliphatic heterocycles. The maximum atomic E-state index is 11.9. The first kappa shape index (κ1) is 22.9. The zero-order chi connectivity index (χ0) is 20.4. The van der Waals surface area contributed by atoms with E-state index in [0.29, 0.717) is 19.1 Å². The molecule has 0 N–H and O–H groups in total. The number of aromatic nitrogens is 2. The molecule has 0 saturated heterocycles. The molecule has 0 atom stereocenters. The topological polar surface area (TPSA) is 47.4 Å². The molecule has 27 heavy (non-hydrogen) atoms. The van der Waals surface area contributed by atoms with Gasteiger partial charge in [0.1, 0.15) is 5.82 Å². The Labute approximate surface area is 164 Å². The van der Waals surface area contributed by atoms with E-state index in [4.69, 9.17) is 4.74 Å². The predicted octanol–water partition coefficient (Wildman–Crippen LogP) is 4.94. The zero-order valence-corrected chi connectivity index (χ0v) is 17.9. The van der Waals surface area contributed by atoms with Crippen molar-refractivity contribution in [3.05, 3.63) is 48.0 Å². The van der Waals surface area contributed by atoms with E-state index in [9.17, 15) is 4.79 Å². The van der Waals surface area contributed by atoms with Crippen LogP contribution < -0.4 is 4.90 Å². The number of ether oxygens (including phenoxy) is 1. The van der Waals surface area contributed by atoms with Gasteiger partial charge in [-0.15, -0.1) is 0 Å². The molecule has 1 heterocycles. The lowest BCUT2D eigenvalue weighted by Gasteiger charge is -2.17. The number of benzene rings is 1. The fourth-order valence-corrected chi connectivity index (χ4v) is 2.66. The van der Waals surface area contributed by atoms with Crippen LogP contribution in [0.3, 0.4) is 0 Å². The standard InChI is InChI=1S/C14H21NO2.C8H14N2/c1-12(2)17-11-7-10-14(16)15(3)13-8-5-4-6-9-13;1-6(2)10-5-7(3)9-8(10)4/h4-6,8-9,12H,7,10-11H2,1-3H3;5-6H,1-4H3. The average Bonchev–Trinajstić information content (AvgIpc) is 2.97. The van der Waals surface area contributed by atoms with E-state index < -0.39 is 0 Å². The first-order valence-electron chi connectivity index (χ1n) is 9.67. The third-order valence-corrected chi connectivity index (χ3v) is 4.10. The molecule has 0 bridgehead atoms. The molecule has 150 valence electrons. The fourth-order valence-electron chi connectivity index (χ4n) is 2.66. The second-order valence-electron chi connectivity index (χ2n) is 7.24. The minimum absolute atomic E-state index is 0.128. The molecule has 0 saturated carbocycles. The van der Waals surface area contributed by atoms with Crippen LogP contribution in [0.15, 0.2) is 36.5 Å². The first-order chi connectivity index (χ1) is 12.7. The van der Waals surface area contributed by atoms with Crippen LogP contribution in [0.5, 0.6) is 0 Å². The van der Waals surface area contributed by atoms with Gasteiger partial charge in [0.25, 0.3) is 0 Å². The summed E-state index contributed by atoms with van der Waals surface area (Å²) < 4.78 is 7.58. The highest BCUT2D eigenvalue weighted by atomic mass is 16.5. The highest BCUT2D eigenvalue weighted by molar-refractivity contribution is 5.92. The monoisotopic (exact) mass is 373 g/mol. The lowest BCUT2D eigenvalue weighted by Crippen LogP contribution is -2.26. The van der Waals surface area contributed by atoms with Crippen LogP contribution in [-0.4, -0.2) is 35.2 Å². The Morgan fingerprint density at radius 3 is 2.22 bits per heavy atom. The van der Waals surface area contributed by atoms with E-state index in [-0.39, 0.29) is 12.0 Å². The second-order valence-corrected chi connectivity index (χ2v) is 7.24. The molecule has 0 unspecified atom stereocenters. The van der Waals surface area contributed by atoms with Crippen LogP contribution in [0.1, 0.15) is 58.1 Å². The largest absolute Gasteiger partial charge is 0.379 e. The molecular formula is C22H35N3O2. The number of para-hydroxylation sites is 1. The minimum atomic E-state index is 0.128. The number of hydrogen-bond donors (Lipinski definition) is 0. The van der Waals surface area contributed by atoms with Crippen molar-refractivity contribution in [2.75, 3.05) is 18.6 Å². The number of rotatable bonds is 7. The van der Waals surface area contributed by atoms with E-state index >= 15 is 0 Å². The van der Waals surface area contributed by atoms with Gasteiger partial charge >= 0.3 is 0 Å². The number of imidazole rings is 1. The van der Waals surface area contributed by atoms with Crippen molar-refractivity contribution in [3.63, 3.8) is 0 Å². The van der Waals surface area contributed by atoms with E-state index in [0.717, 1.165) is 23.6 Å². The van der Waals surface area contributed by atoms with Crippen LogP contribution in [0.4, 0.5) is 5.69 Å². The van der Waals surface area contributed by atoms with E-state index in [1.165, 1.54) is 0 Å². The van der Waals surface area contributed by atoms with Crippen LogP contribution in [-0.2, 0) is 9.53 Å². The number of anilines is 1. The van der Waals surface area contributed by atoms with Crippen LogP contribution in [0, 0.1) is 13.8 Å². The van der Waals surface area contributed by atoms with Gasteiger partial charge in [-0.3, -0.25) is 4.79 Å². The molecular weight excluding hydrogens is 338 g/mol. The van der Waals surface area contributed by atoms with Gasteiger partial charge in [-0.05, 0) is 60.1 Å². The van der Waals surface area contributed by atoms with Crippen molar-refractivity contribution in [1.82, 2.24) is 9.55 Å². The highest BCUT2D eigenvalue weighted by Crippen LogP contribution is 2.12. The average molecular weight is 374 g/mol. The van der Waals surface area contributed by atoms with Gasteiger partial charge in [0.05, 0.1) is 11.8 Å². The number of amides is 1. The Hall–Kier alpha value is -2.14. The predicted molar refractivity (Wildman–Crippen MR) is 112 cm³/mol. The molecule has 2 aromatic rings. The molecule has 0 radical (unpaired) electrons. The molecule has 0 spiro atoms. The Kier molecular flexibility index (Phi) is 9.79. The lowest BCUT2D eigenvalue weighted by molar-refractivity contribution is -0.118. The third-order valence-electron chi connectivity index (χ3n) is 4.10. The van der Waals surface area contributed by atoms with Gasteiger partial charge in [0, 0.05) is 38.0 Å². The molecule has 5 nitrogen and oxygen atoms in total. The normalized spacial score (nSPS) is 10.7. The summed E-state index contributed by atoms with van der Waals surface area (Å²) in [7, 11) is 1.81. The molecule has 1 amide bonds. The van der Waals surface area contributed by atoms with E-state index in [1.54, 1.807) is 11.9 Å². The Morgan fingerprint density at radius 1 is 1.15 bits per heavy atom. The molecule has 0 fully saturated rings. The molecule has 0 aliphatic rings. The maximum absolute atomic E-state index is 11.9. The quantitative estimate of drug-likeness (QED) is 0.646. The summed E-state index contributed by atoms with van der Waals surface area (Å²) in [5.74, 6) is 1.23. The van der Waals surface area contributed by atoms with Crippen molar-refractivity contribution in [2.45, 2.75) is 66.5 Å². The van der Waals surface area contributed by atoms with Crippen molar-refractivity contribution < 1.29 is 9.53 Å². The summed E-state index contributed by atoms with van der Waals surface area (Å²) in [5, 5.41) is 0. The van der Waals surface area contributed by atoms with Gasteiger partial charge in [-0.2, -0.15) is 0 Å². The SMILES string of the molecule is CC(C)OCCCC(=O)N(C)c1ccccc1.Cc1cn(C(C)C)c(C)n1.